The van der Waals surface area contributed by atoms with Gasteiger partial charge in [0.25, 0.3) is 6.71 Å². The molecule has 0 saturated carbocycles. The third kappa shape index (κ3) is 5.08. The van der Waals surface area contributed by atoms with Crippen molar-refractivity contribution in [2.24, 2.45) is 0 Å². The molecule has 2 rings (SSSR count). The van der Waals surface area contributed by atoms with E-state index in [0.717, 1.165) is 18.9 Å². The Morgan fingerprint density at radius 2 is 2.35 bits per heavy atom. The van der Waals surface area contributed by atoms with Gasteiger partial charge in [-0.05, 0) is 44.4 Å². The van der Waals surface area contributed by atoms with Crippen molar-refractivity contribution in [3.63, 3.8) is 0 Å². The SMILES string of the molecule is CN1CCB(C#N)CC1CN(C=O)CC#Cc1ccc(C(=O)O)cc1F. The lowest BCUT2D eigenvalue weighted by molar-refractivity contribution is -0.118. The molecule has 1 aliphatic heterocycles. The molecule has 1 atom stereocenters. The lowest BCUT2D eigenvalue weighted by Crippen LogP contribution is -2.48. The third-order valence-corrected chi connectivity index (χ3v) is 4.51. The van der Waals surface area contributed by atoms with E-state index in [0.29, 0.717) is 19.3 Å². The maximum absolute atomic E-state index is 13.8. The van der Waals surface area contributed by atoms with Gasteiger partial charge in [0.15, 0.2) is 0 Å². The molecule has 6 nitrogen and oxygen atoms in total. The van der Waals surface area contributed by atoms with E-state index in [4.69, 9.17) is 10.4 Å². The van der Waals surface area contributed by atoms with Gasteiger partial charge in [0.1, 0.15) is 5.82 Å². The topological polar surface area (TPSA) is 84.6 Å². The van der Waals surface area contributed by atoms with Gasteiger partial charge in [-0.15, -0.1) is 0 Å². The molecular weight excluding hydrogens is 336 g/mol. The molecule has 1 N–H and O–H groups in total. The molecule has 1 saturated heterocycles. The molecule has 26 heavy (non-hydrogen) atoms. The Labute approximate surface area is 152 Å². The fourth-order valence-corrected chi connectivity index (χ4v) is 2.90. The fraction of sp³-hybridized carbons (Fsp3) is 0.389. The van der Waals surface area contributed by atoms with Crippen LogP contribution in [0.15, 0.2) is 18.2 Å². The van der Waals surface area contributed by atoms with Crippen LogP contribution < -0.4 is 0 Å². The van der Waals surface area contributed by atoms with Crippen LogP contribution in [0.4, 0.5) is 4.39 Å². The van der Waals surface area contributed by atoms with Crippen LogP contribution in [-0.4, -0.2) is 66.7 Å². The average Bonchev–Trinajstić information content (AvgIpc) is 2.63. The first-order valence-electron chi connectivity index (χ1n) is 8.25. The second kappa shape index (κ2) is 9.03. The zero-order valence-electron chi connectivity index (χ0n) is 14.5. The Bertz CT molecular complexity index is 784. The predicted octanol–water partition coefficient (Wildman–Crippen LogP) is 1.21. The van der Waals surface area contributed by atoms with Crippen molar-refractivity contribution < 1.29 is 19.1 Å². The molecule has 134 valence electrons. The maximum Gasteiger partial charge on any atom is 0.335 e. The molecule has 0 spiro atoms. The summed E-state index contributed by atoms with van der Waals surface area (Å²) < 4.78 is 13.8. The van der Waals surface area contributed by atoms with E-state index in [-0.39, 0.29) is 30.4 Å². The van der Waals surface area contributed by atoms with Gasteiger partial charge in [-0.3, -0.25) is 4.79 Å². The molecule has 0 aliphatic carbocycles. The summed E-state index contributed by atoms with van der Waals surface area (Å²) >= 11 is 0. The van der Waals surface area contributed by atoms with E-state index in [1.54, 1.807) is 0 Å². The predicted molar refractivity (Wildman–Crippen MR) is 95.3 cm³/mol. The van der Waals surface area contributed by atoms with Crippen LogP contribution in [0, 0.1) is 28.9 Å². The standard InChI is InChI=1S/C18H19BFN3O3/c1-22-8-6-19(12-21)10-16(22)11-23(13-24)7-2-3-14-4-5-15(18(25)26)9-17(14)20/h4-5,9,13,16H,6-8,10-11H2,1H3,(H,25,26). The van der Waals surface area contributed by atoms with Gasteiger partial charge in [0.05, 0.1) is 17.7 Å². The van der Waals surface area contributed by atoms with Gasteiger partial charge in [0.2, 0.25) is 6.41 Å². The molecule has 1 aromatic carbocycles. The van der Waals surface area contributed by atoms with Crippen molar-refractivity contribution in [3.05, 3.63) is 35.1 Å². The number of benzene rings is 1. The lowest BCUT2D eigenvalue weighted by atomic mass is 9.43. The fourth-order valence-electron chi connectivity index (χ4n) is 2.90. The van der Waals surface area contributed by atoms with Crippen molar-refractivity contribution in [1.82, 2.24) is 9.80 Å². The van der Waals surface area contributed by atoms with Gasteiger partial charge in [-0.2, -0.15) is 0 Å². The van der Waals surface area contributed by atoms with Crippen molar-refractivity contribution >= 4 is 19.1 Å². The highest BCUT2D eigenvalue weighted by Gasteiger charge is 2.29. The van der Waals surface area contributed by atoms with Gasteiger partial charge in [0, 0.05) is 18.6 Å². The summed E-state index contributed by atoms with van der Waals surface area (Å²) in [7, 11) is 1.96. The van der Waals surface area contributed by atoms with Gasteiger partial charge in [-0.1, -0.05) is 11.8 Å². The summed E-state index contributed by atoms with van der Waals surface area (Å²) in [6.45, 7) is 1.39. The normalized spacial score (nSPS) is 17.0. The highest BCUT2D eigenvalue weighted by molar-refractivity contribution is 6.67. The molecule has 0 aromatic heterocycles. The van der Waals surface area contributed by atoms with E-state index in [1.807, 2.05) is 7.05 Å². The zero-order valence-corrected chi connectivity index (χ0v) is 14.5. The molecule has 1 aromatic rings. The van der Waals surface area contributed by atoms with Crippen molar-refractivity contribution in [2.45, 2.75) is 18.7 Å². The molecule has 1 aliphatic rings. The minimum Gasteiger partial charge on any atom is -0.478 e. The molecule has 0 radical (unpaired) electrons. The number of nitriles is 1. The highest BCUT2D eigenvalue weighted by atomic mass is 19.1. The summed E-state index contributed by atoms with van der Waals surface area (Å²) in [5.41, 5.74) is -0.0601. The number of carbonyl (C=O) groups is 2. The second-order valence-electron chi connectivity index (χ2n) is 6.32. The first-order valence-corrected chi connectivity index (χ1v) is 8.25. The molecule has 8 heteroatoms. The molecule has 1 heterocycles. The third-order valence-electron chi connectivity index (χ3n) is 4.51. The maximum atomic E-state index is 13.8. The average molecular weight is 355 g/mol. The van der Waals surface area contributed by atoms with Crippen LogP contribution >= 0.6 is 0 Å². The summed E-state index contributed by atoms with van der Waals surface area (Å²) in [6, 6.07) is 3.60. The van der Waals surface area contributed by atoms with Crippen molar-refractivity contribution in [1.29, 1.82) is 5.26 Å². The number of amides is 1. The number of carboxylic acids is 1. The summed E-state index contributed by atoms with van der Waals surface area (Å²) in [6.07, 6.45) is 2.23. The van der Waals surface area contributed by atoms with Crippen molar-refractivity contribution in [3.8, 4) is 17.8 Å². The molecule has 1 amide bonds. The van der Waals surface area contributed by atoms with Crippen LogP contribution in [0.5, 0.6) is 0 Å². The number of nitrogens with zero attached hydrogens (tertiary/aromatic N) is 3. The van der Waals surface area contributed by atoms with Gasteiger partial charge < -0.3 is 14.9 Å². The van der Waals surface area contributed by atoms with Crippen LogP contribution in [0.2, 0.25) is 12.6 Å². The summed E-state index contributed by atoms with van der Waals surface area (Å²) in [5.74, 6) is 5.74. The number of carboxylic acid groups (broad SMARTS) is 1. The number of likely N-dealkylation sites (N-methyl/N-ethyl adjacent to an activating group) is 1. The first kappa shape index (κ1) is 19.5. The van der Waals surface area contributed by atoms with Crippen molar-refractivity contribution in [2.75, 3.05) is 26.7 Å². The number of hydrogen-bond donors (Lipinski definition) is 1. The Morgan fingerprint density at radius 3 is 2.96 bits per heavy atom. The van der Waals surface area contributed by atoms with Gasteiger partial charge >= 0.3 is 5.97 Å². The van der Waals surface area contributed by atoms with E-state index >= 15 is 0 Å². The summed E-state index contributed by atoms with van der Waals surface area (Å²) in [4.78, 5) is 25.7. The highest BCUT2D eigenvalue weighted by Crippen LogP contribution is 2.17. The number of carbonyl (C=O) groups excluding carboxylic acids is 1. The lowest BCUT2D eigenvalue weighted by Gasteiger charge is -2.35. The summed E-state index contributed by atoms with van der Waals surface area (Å²) in [5, 5.41) is 17.9. The molecule has 1 fully saturated rings. The molecule has 0 bridgehead atoms. The largest absolute Gasteiger partial charge is 0.478 e. The van der Waals surface area contributed by atoms with E-state index in [2.05, 4.69) is 22.7 Å². The van der Waals surface area contributed by atoms with E-state index in [9.17, 15) is 14.0 Å². The Kier molecular flexibility index (Phi) is 6.77. The number of rotatable bonds is 5. The monoisotopic (exact) mass is 355 g/mol. The Hall–Kier alpha value is -2.84. The van der Waals surface area contributed by atoms with Gasteiger partial charge in [-0.25, -0.2) is 14.4 Å². The van der Waals surface area contributed by atoms with E-state index in [1.165, 1.54) is 17.0 Å². The first-order chi connectivity index (χ1) is 12.4. The van der Waals surface area contributed by atoms with E-state index < -0.39 is 11.8 Å². The zero-order chi connectivity index (χ0) is 19.1. The molecule has 1 unspecified atom stereocenters. The minimum atomic E-state index is -1.21. The number of hydrogen-bond acceptors (Lipinski definition) is 4. The Balaban J connectivity index is 1.99. The second-order valence-corrected chi connectivity index (χ2v) is 6.32. The quantitative estimate of drug-likeness (QED) is 0.488. The molecular formula is C18H19BFN3O3. The minimum absolute atomic E-state index is 0.00219. The van der Waals surface area contributed by atoms with Crippen LogP contribution in [0.1, 0.15) is 15.9 Å². The van der Waals surface area contributed by atoms with Crippen LogP contribution in [-0.2, 0) is 4.79 Å². The Morgan fingerprint density at radius 1 is 1.58 bits per heavy atom. The smallest absolute Gasteiger partial charge is 0.335 e. The number of aromatic carboxylic acids is 1. The number of halogens is 1. The van der Waals surface area contributed by atoms with Crippen LogP contribution in [0.25, 0.3) is 0 Å². The van der Waals surface area contributed by atoms with Crippen LogP contribution in [0.3, 0.4) is 0 Å².